The first-order valence-corrected chi connectivity index (χ1v) is 39.9. The monoisotopic (exact) mass is 2140 g/mol. The van der Waals surface area contributed by atoms with Crippen LogP contribution in [0.5, 0.6) is 11.5 Å². The minimum Gasteiger partial charge on any atom is -0.507 e. The van der Waals surface area contributed by atoms with Gasteiger partial charge in [-0.15, -0.1) is 24.0 Å². The Balaban J connectivity index is 0.000000208. The third-order valence-electron chi connectivity index (χ3n) is 15.0. The summed E-state index contributed by atoms with van der Waals surface area (Å²) in [5.74, 6) is -2.23. The number of halogens is 10. The van der Waals surface area contributed by atoms with Gasteiger partial charge in [-0.05, 0) is 165 Å². The summed E-state index contributed by atoms with van der Waals surface area (Å²) in [7, 11) is 0. The van der Waals surface area contributed by atoms with E-state index in [0.29, 0.717) is 93.3 Å². The summed E-state index contributed by atoms with van der Waals surface area (Å²) in [5.41, 5.74) is 21.4. The molecule has 37 heteroatoms. The Morgan fingerprint density at radius 1 is 0.444 bits per heavy atom. The lowest BCUT2D eigenvalue weighted by Gasteiger charge is -2.04. The van der Waals surface area contributed by atoms with E-state index in [1.54, 1.807) is 134 Å². The number of ether oxygens (including phenoxy) is 1. The van der Waals surface area contributed by atoms with Crippen molar-refractivity contribution in [3.05, 3.63) is 335 Å². The number of alkyl halides is 1. The van der Waals surface area contributed by atoms with E-state index in [9.17, 15) is 63.0 Å². The average molecular weight is 2150 g/mol. The number of phenols is 2. The Labute approximate surface area is 737 Å². The van der Waals surface area contributed by atoms with E-state index in [-0.39, 0.29) is 124 Å². The fourth-order valence-corrected chi connectivity index (χ4v) is 12.6. The highest BCUT2D eigenvalue weighted by atomic mass is 79.9. The number of ketones is 3. The minimum absolute atomic E-state index is 0. The summed E-state index contributed by atoms with van der Waals surface area (Å²) < 4.78 is 42.9. The van der Waals surface area contributed by atoms with Crippen molar-refractivity contribution in [2.24, 2.45) is 16.6 Å². The zero-order valence-corrected chi connectivity index (χ0v) is 74.5. The maximum absolute atomic E-state index is 11.7. The number of aliphatic hydroxyl groups is 1. The molecule has 6 aromatic heterocycles. The lowest BCUT2D eigenvalue weighted by Crippen LogP contribution is -2.20. The van der Waals surface area contributed by atoms with Crippen LogP contribution in [0, 0.1) is 0 Å². The highest BCUT2D eigenvalue weighted by molar-refractivity contribution is 9.11. The Kier molecular flexibility index (Phi) is 38.0. The van der Waals surface area contributed by atoms with Crippen molar-refractivity contribution in [1.82, 2.24) is 0 Å². The first kappa shape index (κ1) is 96.0. The second-order valence-electron chi connectivity index (χ2n) is 23.2. The SMILES string of the molecule is CC(=O)c1ccc(Br)cc1O.CCOC(=O)C(=O)CC(=O)c1ccc(Br)cc1O.Cl.NCc1cc(=O)c2ccc(Br)cc2o1.NCc1cc(=O)c2ccc(Br)cc2o1.O=C(O)c1cc(=O)c2ccc(Br)cc2o1.O=c1cc(CCl)oc2cc(Br)ccc12.O=c1cc(CO)oc2cc(Br)ccc12.[N-]=[N+]=NCc1cc(=O)c2ccc(Br)cc2o1. The van der Waals surface area contributed by atoms with Crippen molar-refractivity contribution in [1.29, 1.82) is 0 Å². The summed E-state index contributed by atoms with van der Waals surface area (Å²) in [6.45, 7) is 3.29. The minimum atomic E-state index is -1.26. The fourth-order valence-electron chi connectivity index (χ4n) is 9.72. The first-order valence-electron chi connectivity index (χ1n) is 33.0. The van der Waals surface area contributed by atoms with Crippen molar-refractivity contribution in [2.45, 2.75) is 52.4 Å². The molecular weight excluding hydrogens is 2090 g/mol. The Bertz CT molecular complexity index is 6090. The van der Waals surface area contributed by atoms with Crippen molar-refractivity contribution in [2.75, 3.05) is 6.61 Å². The van der Waals surface area contributed by atoms with Gasteiger partial charge in [0.2, 0.25) is 11.5 Å². The van der Waals surface area contributed by atoms with Crippen LogP contribution in [0.25, 0.3) is 76.3 Å². The number of aliphatic hydroxyl groups excluding tert-OH is 1. The van der Waals surface area contributed by atoms with Crippen LogP contribution in [0.3, 0.4) is 0 Å². The molecular formula is C80H59Br8Cl2N5O22. The number of Topliss-reactive ketones (excluding diaryl/α,β-unsaturated/α-hetero) is 3. The van der Waals surface area contributed by atoms with Gasteiger partial charge in [0.25, 0.3) is 0 Å². The van der Waals surface area contributed by atoms with Gasteiger partial charge in [-0.25, -0.2) is 9.59 Å². The Morgan fingerprint density at radius 2 is 0.744 bits per heavy atom. The second-order valence-corrected chi connectivity index (χ2v) is 30.8. The van der Waals surface area contributed by atoms with Crippen molar-refractivity contribution in [3.8, 4) is 11.5 Å². The van der Waals surface area contributed by atoms with Crippen LogP contribution < -0.4 is 44.0 Å². The van der Waals surface area contributed by atoms with Gasteiger partial charge >= 0.3 is 11.9 Å². The Morgan fingerprint density at radius 3 is 1.07 bits per heavy atom. The molecule has 0 atom stereocenters. The van der Waals surface area contributed by atoms with Gasteiger partial charge in [0.1, 0.15) is 80.4 Å². The van der Waals surface area contributed by atoms with E-state index in [1.165, 1.54) is 55.5 Å². The molecule has 0 saturated heterocycles. The smallest absolute Gasteiger partial charge is 0.375 e. The Hall–Kier alpha value is -9.82. The molecule has 0 aliphatic heterocycles. The number of esters is 1. The van der Waals surface area contributed by atoms with Crippen LogP contribution in [0.2, 0.25) is 0 Å². The number of aromatic hydroxyl groups is 2. The molecule has 0 amide bonds. The van der Waals surface area contributed by atoms with E-state index in [0.717, 1.165) is 37.4 Å². The molecule has 14 rings (SSSR count). The molecule has 117 heavy (non-hydrogen) atoms. The largest absolute Gasteiger partial charge is 0.507 e. The number of carbonyl (C=O) groups is 5. The quantitative estimate of drug-likeness (QED) is 0.00912. The number of rotatable bonds is 13. The summed E-state index contributed by atoms with van der Waals surface area (Å²) in [6.07, 6.45) is -0.617. The molecule has 0 spiro atoms. The summed E-state index contributed by atoms with van der Waals surface area (Å²) in [4.78, 5) is 127. The second kappa shape index (κ2) is 46.4. The highest BCUT2D eigenvalue weighted by Gasteiger charge is 2.22. The standard InChI is InChI=1S/C12H11BrO5.C10H6BrClO2.C10H6BrN3O2.2C10H8BrNO2.C10H5BrO4.C10H7BrO3.C8H7BrO2.ClH/c1-2-18-12(17)11(16)6-10(15)8-4-3-7(13)5-9(8)14;11-6-1-2-8-9(13)4-7(5-12)14-10(8)3-6;11-6-1-2-8-9(15)4-7(5-13-14-12)16-10(8)3-6;2*11-6-1-2-8-9(13)4-7(5-12)14-10(8)3-6;11-5-1-2-6-7(12)4-9(10(13)14)15-8(6)3-5;11-6-1-2-8-9(13)4-7(5-12)14-10(8)3-6;1-5(10)7-3-2-6(9)4-8(7)11;/h3-5,14H,2,6H2,1H3;1-4H,5H2;1-4H,5H2;2*1-4H,5,12H2;1-4H,(H,13,14);1-4,12H,5H2;2-4,11H,1H3;1H. The number of benzene rings is 8. The molecule has 0 aliphatic rings. The maximum Gasteiger partial charge on any atom is 0.375 e. The average Bonchev–Trinajstić information content (AvgIpc) is 0.855. The molecule has 6 heterocycles. The van der Waals surface area contributed by atoms with Gasteiger partial charge in [-0.3, -0.25) is 43.2 Å². The molecule has 606 valence electrons. The molecule has 0 radical (unpaired) electrons. The molecule has 0 saturated carbocycles. The fraction of sp³-hybridized carbons (Fsp3) is 0.113. The lowest BCUT2D eigenvalue weighted by molar-refractivity contribution is -0.153. The number of hydrogen-bond donors (Lipinski definition) is 6. The van der Waals surface area contributed by atoms with E-state index in [2.05, 4.69) is 142 Å². The number of phenolic OH excluding ortho intramolecular Hbond substituents is 2. The third-order valence-corrected chi connectivity index (χ3v) is 19.2. The number of carboxylic acids is 1. The molecule has 27 nitrogen and oxygen atoms in total. The third kappa shape index (κ3) is 28.5. The van der Waals surface area contributed by atoms with Crippen LogP contribution >= 0.6 is 151 Å². The predicted octanol–water partition coefficient (Wildman–Crippen LogP) is 19.6. The molecule has 8 N–H and O–H groups in total. The van der Waals surface area contributed by atoms with Gasteiger partial charge in [0.05, 0.1) is 82.0 Å². The number of aromatic carboxylic acids is 1. The number of carbonyl (C=O) groups excluding carboxylic acids is 4. The van der Waals surface area contributed by atoms with Gasteiger partial charge in [0, 0.05) is 77.1 Å². The van der Waals surface area contributed by atoms with E-state index < -0.39 is 29.9 Å². The molecule has 0 fully saturated rings. The number of hydrogen-bond acceptors (Lipinski definition) is 24. The molecule has 0 aliphatic carbocycles. The zero-order valence-electron chi connectivity index (χ0n) is 60.2. The first-order chi connectivity index (χ1) is 55.1. The molecule has 14 aromatic rings. The number of nitrogens with two attached hydrogens (primary N) is 2. The number of carboxylic acid groups (broad SMARTS) is 1. The van der Waals surface area contributed by atoms with Gasteiger partial charge in [0.15, 0.2) is 44.1 Å². The van der Waals surface area contributed by atoms with E-state index in [4.69, 9.17) is 65.3 Å². The number of azide groups is 1. The normalized spacial score (nSPS) is 10.3. The topological polar surface area (TPSA) is 458 Å². The van der Waals surface area contributed by atoms with Gasteiger partial charge in [-0.1, -0.05) is 133 Å². The summed E-state index contributed by atoms with van der Waals surface area (Å²) >= 11 is 31.6. The number of fused-ring (bicyclic) bond motifs is 6. The maximum atomic E-state index is 11.7. The van der Waals surface area contributed by atoms with E-state index >= 15 is 0 Å². The van der Waals surface area contributed by atoms with E-state index in [1.807, 2.05) is 0 Å². The molecule has 0 unspecified atom stereocenters. The molecule has 8 aromatic carbocycles. The van der Waals surface area contributed by atoms with Crippen molar-refractivity contribution in [3.63, 3.8) is 0 Å². The molecule has 0 bridgehead atoms. The predicted molar refractivity (Wildman–Crippen MR) is 472 cm³/mol. The zero-order chi connectivity index (χ0) is 85.2. The lowest BCUT2D eigenvalue weighted by atomic mass is 10.1. The van der Waals surface area contributed by atoms with Crippen LogP contribution in [0.15, 0.2) is 278 Å². The summed E-state index contributed by atoms with van der Waals surface area (Å²) in [6, 6.07) is 48.0. The number of nitrogens with zero attached hydrogens (tertiary/aromatic N) is 3. The van der Waals surface area contributed by atoms with Crippen LogP contribution in [-0.2, 0) is 46.4 Å². The summed E-state index contributed by atoms with van der Waals surface area (Å²) in [5, 5.41) is 42.7. The van der Waals surface area contributed by atoms with Crippen LogP contribution in [0.4, 0.5) is 0 Å². The van der Waals surface area contributed by atoms with Gasteiger partial charge < -0.3 is 63.1 Å². The van der Waals surface area contributed by atoms with Crippen molar-refractivity contribution < 1.29 is 75.6 Å². The van der Waals surface area contributed by atoms with Gasteiger partial charge in [-0.2, -0.15) is 0 Å². The van der Waals surface area contributed by atoms with Crippen molar-refractivity contribution >= 4 is 247 Å². The van der Waals surface area contributed by atoms with Crippen LogP contribution in [-0.4, -0.2) is 56.3 Å². The van der Waals surface area contributed by atoms with Crippen LogP contribution in [0.1, 0.15) is 80.3 Å². The highest BCUT2D eigenvalue weighted by Crippen LogP contribution is 2.28.